The second-order valence-corrected chi connectivity index (χ2v) is 11.8. The third-order valence-electron chi connectivity index (χ3n) is 6.34. The van der Waals surface area contributed by atoms with Crippen LogP contribution in [0.5, 0.6) is 0 Å². The Kier molecular flexibility index (Phi) is 7.19. The maximum atomic E-state index is 13.6. The highest BCUT2D eigenvalue weighted by atomic mass is 32.2. The van der Waals surface area contributed by atoms with Crippen molar-refractivity contribution in [1.82, 2.24) is 14.1 Å². The first-order chi connectivity index (χ1) is 15.4. The second-order valence-electron chi connectivity index (χ2n) is 8.62. The molecule has 0 unspecified atom stereocenters. The van der Waals surface area contributed by atoms with Crippen LogP contribution in [0, 0.1) is 0 Å². The summed E-state index contributed by atoms with van der Waals surface area (Å²) in [7, 11) is -0.576. The van der Waals surface area contributed by atoms with Crippen LogP contribution in [0.3, 0.4) is 0 Å². The number of sulfonamides is 1. The molecule has 2 aromatic rings. The van der Waals surface area contributed by atoms with Gasteiger partial charge in [0, 0.05) is 70.5 Å². The van der Waals surface area contributed by atoms with E-state index in [-0.39, 0.29) is 10.8 Å². The molecule has 0 N–H and O–H groups in total. The van der Waals surface area contributed by atoms with Gasteiger partial charge in [-0.1, -0.05) is 6.07 Å². The van der Waals surface area contributed by atoms with Crippen molar-refractivity contribution in [2.45, 2.75) is 24.2 Å². The van der Waals surface area contributed by atoms with Gasteiger partial charge in [0.2, 0.25) is 10.0 Å². The summed E-state index contributed by atoms with van der Waals surface area (Å²) in [5, 5.41) is 2.11. The van der Waals surface area contributed by atoms with Gasteiger partial charge in [0.15, 0.2) is 0 Å². The van der Waals surface area contributed by atoms with Crippen LogP contribution in [-0.4, -0.2) is 88.3 Å². The fourth-order valence-electron chi connectivity index (χ4n) is 4.36. The van der Waals surface area contributed by atoms with Crippen molar-refractivity contribution in [3.8, 4) is 0 Å². The molecular weight excluding hydrogens is 444 g/mol. The van der Waals surface area contributed by atoms with E-state index in [1.54, 1.807) is 23.5 Å². The van der Waals surface area contributed by atoms with Gasteiger partial charge in [0.25, 0.3) is 5.91 Å². The van der Waals surface area contributed by atoms with Crippen molar-refractivity contribution < 1.29 is 13.2 Å². The summed E-state index contributed by atoms with van der Waals surface area (Å²) in [4.78, 5) is 21.6. The minimum Gasteiger partial charge on any atom is -0.371 e. The van der Waals surface area contributed by atoms with Crippen LogP contribution < -0.4 is 4.90 Å². The molecule has 9 heteroatoms. The topological polar surface area (TPSA) is 64.2 Å². The fraction of sp³-hybridized carbons (Fsp3) is 0.522. The molecule has 7 nitrogen and oxygen atoms in total. The first-order valence-electron chi connectivity index (χ1n) is 11.2. The third-order valence-corrected chi connectivity index (χ3v) is 9.09. The summed E-state index contributed by atoms with van der Waals surface area (Å²) < 4.78 is 26.6. The van der Waals surface area contributed by atoms with Crippen LogP contribution in [0.2, 0.25) is 0 Å². The maximum Gasteiger partial charge on any atom is 0.256 e. The Labute approximate surface area is 195 Å². The molecule has 174 valence electrons. The van der Waals surface area contributed by atoms with Gasteiger partial charge in [-0.05, 0) is 48.9 Å². The number of hydrogen-bond acceptors (Lipinski definition) is 6. The number of rotatable bonds is 7. The van der Waals surface area contributed by atoms with Gasteiger partial charge >= 0.3 is 0 Å². The van der Waals surface area contributed by atoms with Gasteiger partial charge in [0.1, 0.15) is 0 Å². The van der Waals surface area contributed by atoms with Gasteiger partial charge in [0.05, 0.1) is 10.5 Å². The molecule has 0 aliphatic carbocycles. The Morgan fingerprint density at radius 2 is 1.75 bits per heavy atom. The normalized spacial score (nSPS) is 18.0. The molecule has 2 fully saturated rings. The summed E-state index contributed by atoms with van der Waals surface area (Å²) >= 11 is 1.78. The molecule has 4 rings (SSSR count). The van der Waals surface area contributed by atoms with E-state index in [4.69, 9.17) is 0 Å². The summed E-state index contributed by atoms with van der Waals surface area (Å²) in [5.74, 6) is -0.0689. The quantitative estimate of drug-likeness (QED) is 0.615. The second kappa shape index (κ2) is 9.91. The van der Waals surface area contributed by atoms with E-state index in [2.05, 4.69) is 27.3 Å². The Hall–Kier alpha value is -1.94. The van der Waals surface area contributed by atoms with Crippen LogP contribution in [0.4, 0.5) is 5.69 Å². The van der Waals surface area contributed by atoms with E-state index < -0.39 is 10.0 Å². The number of amides is 1. The lowest BCUT2D eigenvalue weighted by atomic mass is 10.1. The first-order valence-corrected chi connectivity index (χ1v) is 13.5. The molecule has 1 aromatic heterocycles. The zero-order valence-electron chi connectivity index (χ0n) is 18.9. The largest absolute Gasteiger partial charge is 0.371 e. The first kappa shape index (κ1) is 23.2. The summed E-state index contributed by atoms with van der Waals surface area (Å²) in [6, 6.07) is 9.27. The van der Waals surface area contributed by atoms with Crippen molar-refractivity contribution in [1.29, 1.82) is 0 Å². The minimum atomic E-state index is -3.60. The monoisotopic (exact) mass is 476 g/mol. The van der Waals surface area contributed by atoms with E-state index >= 15 is 0 Å². The van der Waals surface area contributed by atoms with Crippen molar-refractivity contribution in [2.24, 2.45) is 0 Å². The molecule has 0 saturated carbocycles. The number of nitrogens with zero attached hydrogens (tertiary/aromatic N) is 4. The van der Waals surface area contributed by atoms with Crippen molar-refractivity contribution in [2.75, 3.05) is 64.8 Å². The smallest absolute Gasteiger partial charge is 0.256 e. The third kappa shape index (κ3) is 5.01. The van der Waals surface area contributed by atoms with E-state index in [0.29, 0.717) is 18.7 Å². The van der Waals surface area contributed by atoms with Gasteiger partial charge in [-0.2, -0.15) is 0 Å². The summed E-state index contributed by atoms with van der Waals surface area (Å²) in [6.45, 7) is 5.80. The number of benzene rings is 1. The number of thiophene rings is 1. The molecule has 2 saturated heterocycles. The Bertz CT molecular complexity index is 1020. The lowest BCUT2D eigenvalue weighted by molar-refractivity contribution is 0.0639. The fourth-order valence-corrected chi connectivity index (χ4v) is 5.99. The van der Waals surface area contributed by atoms with E-state index in [9.17, 15) is 13.2 Å². The number of anilines is 1. The highest BCUT2D eigenvalue weighted by Gasteiger charge is 2.28. The van der Waals surface area contributed by atoms with Crippen LogP contribution in [0.15, 0.2) is 40.6 Å². The standard InChI is InChI=1S/C23H32N4O3S2/c1-24(2)32(29,30)20-7-8-22(26-10-3-4-11-26)21(18-20)23(28)27-15-13-25(14-16-27)12-9-19-6-5-17-31-19/h5-8,17-18H,3-4,9-16H2,1-2H3. The lowest BCUT2D eigenvalue weighted by Crippen LogP contribution is -2.49. The zero-order chi connectivity index (χ0) is 22.7. The number of carbonyl (C=O) groups is 1. The van der Waals surface area contributed by atoms with Crippen LogP contribution in [-0.2, 0) is 16.4 Å². The highest BCUT2D eigenvalue weighted by molar-refractivity contribution is 7.89. The number of piperazine rings is 1. The van der Waals surface area contributed by atoms with Gasteiger partial charge in [-0.3, -0.25) is 9.69 Å². The van der Waals surface area contributed by atoms with Gasteiger partial charge in [-0.25, -0.2) is 12.7 Å². The molecule has 1 aromatic carbocycles. The van der Waals surface area contributed by atoms with Crippen LogP contribution in [0.1, 0.15) is 28.1 Å². The minimum absolute atomic E-state index is 0.0689. The molecular formula is C23H32N4O3S2. The van der Waals surface area contributed by atoms with Crippen molar-refractivity contribution >= 4 is 33.0 Å². The van der Waals surface area contributed by atoms with Crippen molar-refractivity contribution in [3.05, 3.63) is 46.2 Å². The molecule has 0 bridgehead atoms. The number of hydrogen-bond donors (Lipinski definition) is 0. The van der Waals surface area contributed by atoms with E-state index in [1.807, 2.05) is 11.0 Å². The SMILES string of the molecule is CN(C)S(=O)(=O)c1ccc(N2CCCC2)c(C(=O)N2CCN(CCc3cccs3)CC2)c1. The zero-order valence-corrected chi connectivity index (χ0v) is 20.5. The van der Waals surface area contributed by atoms with Crippen LogP contribution in [0.25, 0.3) is 0 Å². The molecule has 2 aliphatic rings. The maximum absolute atomic E-state index is 13.6. The Morgan fingerprint density at radius 1 is 1.03 bits per heavy atom. The molecule has 0 spiro atoms. The van der Waals surface area contributed by atoms with Gasteiger partial charge < -0.3 is 9.80 Å². The molecule has 32 heavy (non-hydrogen) atoms. The Balaban J connectivity index is 1.50. The van der Waals surface area contributed by atoms with E-state index in [0.717, 1.165) is 57.7 Å². The lowest BCUT2D eigenvalue weighted by Gasteiger charge is -2.35. The summed E-state index contributed by atoms with van der Waals surface area (Å²) in [5.41, 5.74) is 1.35. The molecule has 0 atom stereocenters. The molecule has 3 heterocycles. The Morgan fingerprint density at radius 3 is 2.38 bits per heavy atom. The average molecular weight is 477 g/mol. The molecule has 0 radical (unpaired) electrons. The molecule has 1 amide bonds. The predicted molar refractivity (Wildman–Crippen MR) is 129 cm³/mol. The van der Waals surface area contributed by atoms with E-state index in [1.165, 1.54) is 23.3 Å². The highest BCUT2D eigenvalue weighted by Crippen LogP contribution is 2.29. The summed E-state index contributed by atoms with van der Waals surface area (Å²) in [6.07, 6.45) is 3.22. The van der Waals surface area contributed by atoms with Crippen molar-refractivity contribution in [3.63, 3.8) is 0 Å². The average Bonchev–Trinajstić information content (AvgIpc) is 3.51. The number of carbonyl (C=O) groups excluding carboxylic acids is 1. The van der Waals surface area contributed by atoms with Gasteiger partial charge in [-0.15, -0.1) is 11.3 Å². The molecule has 2 aliphatic heterocycles. The predicted octanol–water partition coefficient (Wildman–Crippen LogP) is 2.60. The van der Waals surface area contributed by atoms with Crippen LogP contribution >= 0.6 is 11.3 Å².